The standard InChI is InChI=1S/C19H13F3N4O6/c1-25-16(15(9-23-25)18(28)29)17(27)24-11-6-12(26(30)31)8-14(7-11)32-13-4-2-3-10(5-13)19(20,21)22/h2-9H,1H3,(H,24,27)(H,28,29). The van der Waals surface area contributed by atoms with Crippen LogP contribution in [0.4, 0.5) is 24.5 Å². The minimum absolute atomic E-state index is 0.149. The number of carboxylic acid groups (broad SMARTS) is 1. The maximum absolute atomic E-state index is 12.9. The molecule has 166 valence electrons. The van der Waals surface area contributed by atoms with Gasteiger partial charge in [-0.25, -0.2) is 4.79 Å². The Morgan fingerprint density at radius 1 is 1.19 bits per heavy atom. The lowest BCUT2D eigenvalue weighted by Gasteiger charge is -2.12. The van der Waals surface area contributed by atoms with Crippen LogP contribution in [0, 0.1) is 10.1 Å². The zero-order valence-electron chi connectivity index (χ0n) is 16.1. The topological polar surface area (TPSA) is 137 Å². The Balaban J connectivity index is 1.94. The van der Waals surface area contributed by atoms with Gasteiger partial charge in [0.25, 0.3) is 11.6 Å². The van der Waals surface area contributed by atoms with Crippen molar-refractivity contribution in [1.29, 1.82) is 0 Å². The second kappa shape index (κ2) is 8.37. The van der Waals surface area contributed by atoms with Crippen LogP contribution in [-0.4, -0.2) is 31.7 Å². The highest BCUT2D eigenvalue weighted by molar-refractivity contribution is 6.09. The molecule has 3 aromatic rings. The van der Waals surface area contributed by atoms with Crippen molar-refractivity contribution in [1.82, 2.24) is 9.78 Å². The Hall–Kier alpha value is -4.42. The van der Waals surface area contributed by atoms with Gasteiger partial charge in [0, 0.05) is 19.2 Å². The van der Waals surface area contributed by atoms with Gasteiger partial charge in [0.1, 0.15) is 22.8 Å². The molecule has 0 saturated carbocycles. The van der Waals surface area contributed by atoms with Gasteiger partial charge in [-0.1, -0.05) is 6.07 Å². The number of benzene rings is 2. The molecule has 1 aromatic heterocycles. The monoisotopic (exact) mass is 450 g/mol. The van der Waals surface area contributed by atoms with Crippen LogP contribution in [0.3, 0.4) is 0 Å². The van der Waals surface area contributed by atoms with Crippen molar-refractivity contribution in [2.24, 2.45) is 7.05 Å². The van der Waals surface area contributed by atoms with Crippen molar-refractivity contribution < 1.29 is 37.5 Å². The number of nitrogens with one attached hydrogen (secondary N) is 1. The van der Waals surface area contributed by atoms with Crippen LogP contribution in [-0.2, 0) is 13.2 Å². The number of nitro groups is 1. The summed E-state index contributed by atoms with van der Waals surface area (Å²) >= 11 is 0. The summed E-state index contributed by atoms with van der Waals surface area (Å²) in [5.41, 5.74) is -2.36. The molecule has 0 fully saturated rings. The second-order valence-electron chi connectivity index (χ2n) is 6.39. The molecule has 2 N–H and O–H groups in total. The summed E-state index contributed by atoms with van der Waals surface area (Å²) in [6, 6.07) is 6.96. The van der Waals surface area contributed by atoms with E-state index >= 15 is 0 Å². The van der Waals surface area contributed by atoms with Gasteiger partial charge in [-0.2, -0.15) is 18.3 Å². The Bertz CT molecular complexity index is 1220. The number of hydrogen-bond acceptors (Lipinski definition) is 6. The number of anilines is 1. The number of hydrogen-bond donors (Lipinski definition) is 2. The average Bonchev–Trinajstić information content (AvgIpc) is 3.09. The fourth-order valence-corrected chi connectivity index (χ4v) is 2.75. The van der Waals surface area contributed by atoms with E-state index in [4.69, 9.17) is 4.74 Å². The number of alkyl halides is 3. The average molecular weight is 450 g/mol. The van der Waals surface area contributed by atoms with Crippen LogP contribution in [0.1, 0.15) is 26.4 Å². The van der Waals surface area contributed by atoms with Crippen LogP contribution in [0.5, 0.6) is 11.5 Å². The van der Waals surface area contributed by atoms with Gasteiger partial charge < -0.3 is 15.2 Å². The van der Waals surface area contributed by atoms with Crippen molar-refractivity contribution in [3.8, 4) is 11.5 Å². The number of aromatic nitrogens is 2. The first-order valence-electron chi connectivity index (χ1n) is 8.67. The number of nitro benzene ring substituents is 1. The predicted octanol–water partition coefficient (Wildman–Crippen LogP) is 4.09. The van der Waals surface area contributed by atoms with Gasteiger partial charge in [-0.05, 0) is 18.2 Å². The summed E-state index contributed by atoms with van der Waals surface area (Å²) in [5, 5.41) is 26.4. The van der Waals surface area contributed by atoms with E-state index in [2.05, 4.69) is 10.4 Å². The van der Waals surface area contributed by atoms with Crippen molar-refractivity contribution in [2.75, 3.05) is 5.32 Å². The molecule has 3 rings (SSSR count). The summed E-state index contributed by atoms with van der Waals surface area (Å²) in [7, 11) is 1.33. The molecule has 0 atom stereocenters. The number of halogens is 3. The zero-order valence-corrected chi connectivity index (χ0v) is 16.1. The van der Waals surface area contributed by atoms with Crippen molar-refractivity contribution in [2.45, 2.75) is 6.18 Å². The van der Waals surface area contributed by atoms with Gasteiger partial charge in [0.2, 0.25) is 0 Å². The molecule has 0 aliphatic carbocycles. The third kappa shape index (κ3) is 4.83. The van der Waals surface area contributed by atoms with E-state index in [1.165, 1.54) is 13.1 Å². The molecular formula is C19H13F3N4O6. The predicted molar refractivity (Wildman–Crippen MR) is 103 cm³/mol. The van der Waals surface area contributed by atoms with Crippen molar-refractivity contribution >= 4 is 23.3 Å². The summed E-state index contributed by atoms with van der Waals surface area (Å²) in [6.45, 7) is 0. The first-order valence-corrected chi connectivity index (χ1v) is 8.67. The van der Waals surface area contributed by atoms with E-state index in [1.807, 2.05) is 0 Å². The van der Waals surface area contributed by atoms with E-state index in [0.717, 1.165) is 41.2 Å². The fraction of sp³-hybridized carbons (Fsp3) is 0.105. The highest BCUT2D eigenvalue weighted by Crippen LogP contribution is 2.34. The van der Waals surface area contributed by atoms with E-state index in [-0.39, 0.29) is 22.9 Å². The number of carbonyl (C=O) groups is 2. The molecule has 0 bridgehead atoms. The number of carboxylic acids is 1. The fourth-order valence-electron chi connectivity index (χ4n) is 2.75. The van der Waals surface area contributed by atoms with Crippen LogP contribution < -0.4 is 10.1 Å². The quantitative estimate of drug-likeness (QED) is 0.426. The van der Waals surface area contributed by atoms with Crippen LogP contribution >= 0.6 is 0 Å². The van der Waals surface area contributed by atoms with Crippen LogP contribution in [0.25, 0.3) is 0 Å². The van der Waals surface area contributed by atoms with Gasteiger partial charge in [-0.3, -0.25) is 19.6 Å². The normalized spacial score (nSPS) is 11.1. The minimum Gasteiger partial charge on any atom is -0.478 e. The highest BCUT2D eigenvalue weighted by atomic mass is 19.4. The molecule has 0 radical (unpaired) electrons. The molecule has 1 amide bonds. The van der Waals surface area contributed by atoms with E-state index in [9.17, 15) is 38.0 Å². The molecule has 13 heteroatoms. The molecule has 0 aliphatic rings. The molecule has 0 aliphatic heterocycles. The largest absolute Gasteiger partial charge is 0.478 e. The number of ether oxygens (including phenoxy) is 1. The molecule has 0 spiro atoms. The van der Waals surface area contributed by atoms with Gasteiger partial charge >= 0.3 is 12.1 Å². The number of nitrogens with zero attached hydrogens (tertiary/aromatic N) is 3. The Labute approximate surface area is 177 Å². The number of amides is 1. The van der Waals surface area contributed by atoms with E-state index in [0.29, 0.717) is 6.07 Å². The Kier molecular flexibility index (Phi) is 5.83. The SMILES string of the molecule is Cn1ncc(C(=O)O)c1C(=O)Nc1cc(Oc2cccc(C(F)(F)F)c2)cc([N+](=O)[O-])c1. The van der Waals surface area contributed by atoms with Crippen molar-refractivity contribution in [3.63, 3.8) is 0 Å². The van der Waals surface area contributed by atoms with Crippen LogP contribution in [0.2, 0.25) is 0 Å². The van der Waals surface area contributed by atoms with Crippen molar-refractivity contribution in [3.05, 3.63) is 75.6 Å². The van der Waals surface area contributed by atoms with Crippen LogP contribution in [0.15, 0.2) is 48.7 Å². The zero-order chi connectivity index (χ0) is 23.6. The first-order chi connectivity index (χ1) is 15.0. The number of aryl methyl sites for hydroxylation is 1. The van der Waals surface area contributed by atoms with Gasteiger partial charge in [0.05, 0.1) is 28.4 Å². The molecule has 10 nitrogen and oxygen atoms in total. The van der Waals surface area contributed by atoms with Gasteiger partial charge in [-0.15, -0.1) is 0 Å². The Morgan fingerprint density at radius 2 is 1.91 bits per heavy atom. The summed E-state index contributed by atoms with van der Waals surface area (Å²) in [6.07, 6.45) is -3.65. The number of aromatic carboxylic acids is 1. The second-order valence-corrected chi connectivity index (χ2v) is 6.39. The third-order valence-electron chi connectivity index (χ3n) is 4.14. The summed E-state index contributed by atoms with van der Waals surface area (Å²) in [5.74, 6) is -2.79. The lowest BCUT2D eigenvalue weighted by atomic mass is 10.2. The number of carbonyl (C=O) groups excluding carboxylic acids is 1. The summed E-state index contributed by atoms with van der Waals surface area (Å²) in [4.78, 5) is 34.3. The molecule has 0 unspecified atom stereocenters. The highest BCUT2D eigenvalue weighted by Gasteiger charge is 2.30. The van der Waals surface area contributed by atoms with Gasteiger partial charge in [0.15, 0.2) is 0 Å². The summed E-state index contributed by atoms with van der Waals surface area (Å²) < 4.78 is 45.0. The third-order valence-corrected chi connectivity index (χ3v) is 4.14. The maximum atomic E-state index is 12.9. The molecule has 1 heterocycles. The number of rotatable bonds is 6. The molecular weight excluding hydrogens is 437 g/mol. The lowest BCUT2D eigenvalue weighted by molar-refractivity contribution is -0.384. The van der Waals surface area contributed by atoms with E-state index in [1.54, 1.807) is 0 Å². The smallest absolute Gasteiger partial charge is 0.416 e. The number of non-ortho nitro benzene ring substituents is 1. The Morgan fingerprint density at radius 3 is 2.53 bits per heavy atom. The molecule has 0 saturated heterocycles. The molecule has 32 heavy (non-hydrogen) atoms. The molecule has 2 aromatic carbocycles. The first kappa shape index (κ1) is 22.3. The minimum atomic E-state index is -4.62. The lowest BCUT2D eigenvalue weighted by Crippen LogP contribution is -2.19. The maximum Gasteiger partial charge on any atom is 0.416 e. The van der Waals surface area contributed by atoms with E-state index < -0.39 is 39.8 Å².